The number of aromatic nitrogens is 4. The van der Waals surface area contributed by atoms with E-state index in [-0.39, 0.29) is 16.7 Å². The Kier molecular flexibility index (Phi) is 4.48. The Balaban J connectivity index is 1.51. The molecule has 5 rings (SSSR count). The summed E-state index contributed by atoms with van der Waals surface area (Å²) in [5.74, 6) is -0.762. The summed E-state index contributed by atoms with van der Waals surface area (Å²) in [6, 6.07) is 20.7. The average molecular weight is 432 g/mol. The molecule has 0 saturated carbocycles. The molecule has 1 amide bonds. The topological polar surface area (TPSA) is 119 Å². The molecular formula is C21H16N6O3S. The summed E-state index contributed by atoms with van der Waals surface area (Å²) in [4.78, 5) is 21.6. The number of nitrogens with one attached hydrogen (secondary N) is 2. The van der Waals surface area contributed by atoms with E-state index in [2.05, 4.69) is 25.1 Å². The molecule has 154 valence electrons. The third kappa shape index (κ3) is 3.42. The van der Waals surface area contributed by atoms with E-state index in [0.717, 1.165) is 5.56 Å². The maximum atomic E-state index is 13.0. The van der Waals surface area contributed by atoms with Gasteiger partial charge in [-0.3, -0.25) is 9.78 Å². The lowest BCUT2D eigenvalue weighted by Gasteiger charge is -2.18. The average Bonchev–Trinajstić information content (AvgIpc) is 3.22. The van der Waals surface area contributed by atoms with Crippen molar-refractivity contribution in [1.29, 1.82) is 0 Å². The van der Waals surface area contributed by atoms with E-state index >= 15 is 0 Å². The number of anilines is 1. The predicted octanol–water partition coefficient (Wildman–Crippen LogP) is 2.30. The molecule has 0 saturated heterocycles. The third-order valence-electron chi connectivity index (χ3n) is 4.81. The van der Waals surface area contributed by atoms with Crippen molar-refractivity contribution in [2.75, 3.05) is 4.72 Å². The molecule has 9 nitrogen and oxygen atoms in total. The van der Waals surface area contributed by atoms with Crippen molar-refractivity contribution < 1.29 is 13.2 Å². The number of sulfonamides is 1. The fraction of sp³-hybridized carbons (Fsp3) is 0.0476. The van der Waals surface area contributed by atoms with Crippen LogP contribution >= 0.6 is 0 Å². The first-order valence-corrected chi connectivity index (χ1v) is 10.9. The summed E-state index contributed by atoms with van der Waals surface area (Å²) in [5.41, 5.74) is 1.81. The van der Waals surface area contributed by atoms with Gasteiger partial charge >= 0.3 is 0 Å². The number of benzene rings is 2. The van der Waals surface area contributed by atoms with Crippen molar-refractivity contribution in [3.05, 3.63) is 96.1 Å². The van der Waals surface area contributed by atoms with Crippen molar-refractivity contribution in [1.82, 2.24) is 25.1 Å². The minimum atomic E-state index is -3.79. The van der Waals surface area contributed by atoms with Crippen molar-refractivity contribution >= 4 is 21.9 Å². The second kappa shape index (κ2) is 7.33. The Morgan fingerprint density at radius 1 is 0.968 bits per heavy atom. The molecule has 1 atom stereocenters. The second-order valence-corrected chi connectivity index (χ2v) is 8.47. The molecule has 2 aromatic heterocycles. The quantitative estimate of drug-likeness (QED) is 0.511. The van der Waals surface area contributed by atoms with Gasteiger partial charge in [0, 0.05) is 6.20 Å². The van der Waals surface area contributed by atoms with Gasteiger partial charge in [0.05, 0.1) is 17.4 Å². The number of carbonyl (C=O) groups excluding carboxylic acids is 1. The van der Waals surface area contributed by atoms with Gasteiger partial charge < -0.3 is 5.32 Å². The molecule has 31 heavy (non-hydrogen) atoms. The van der Waals surface area contributed by atoms with Crippen LogP contribution in [0.1, 0.15) is 27.9 Å². The summed E-state index contributed by atoms with van der Waals surface area (Å²) < 4.78 is 28.6. The van der Waals surface area contributed by atoms with Crippen LogP contribution in [0.3, 0.4) is 0 Å². The fourth-order valence-corrected chi connectivity index (χ4v) is 4.56. The molecule has 0 aliphatic carbocycles. The number of amides is 1. The highest BCUT2D eigenvalue weighted by atomic mass is 32.2. The number of hydrogen-bond donors (Lipinski definition) is 2. The molecule has 0 bridgehead atoms. The molecule has 1 aliphatic heterocycles. The maximum absolute atomic E-state index is 13.0. The van der Waals surface area contributed by atoms with Crippen LogP contribution < -0.4 is 10.0 Å². The van der Waals surface area contributed by atoms with Crippen LogP contribution in [-0.4, -0.2) is 34.1 Å². The van der Waals surface area contributed by atoms with E-state index in [1.165, 1.54) is 10.7 Å². The maximum Gasteiger partial charge on any atom is 0.291 e. The van der Waals surface area contributed by atoms with Crippen LogP contribution in [0, 0.1) is 0 Å². The number of carbonyl (C=O) groups is 1. The molecule has 3 heterocycles. The molecule has 1 unspecified atom stereocenters. The van der Waals surface area contributed by atoms with Gasteiger partial charge in [-0.15, -0.1) is 5.10 Å². The molecule has 0 radical (unpaired) electrons. The molecule has 2 N–H and O–H groups in total. The summed E-state index contributed by atoms with van der Waals surface area (Å²) in [6.45, 7) is 0. The van der Waals surface area contributed by atoms with Gasteiger partial charge in [0.25, 0.3) is 15.9 Å². The van der Waals surface area contributed by atoms with Gasteiger partial charge in [-0.1, -0.05) is 48.5 Å². The van der Waals surface area contributed by atoms with Gasteiger partial charge in [0.1, 0.15) is 4.90 Å². The van der Waals surface area contributed by atoms with E-state index in [4.69, 9.17) is 0 Å². The predicted molar refractivity (Wildman–Crippen MR) is 112 cm³/mol. The van der Waals surface area contributed by atoms with E-state index in [9.17, 15) is 13.2 Å². The van der Waals surface area contributed by atoms with Crippen LogP contribution in [-0.2, 0) is 10.0 Å². The molecule has 4 aromatic rings. The van der Waals surface area contributed by atoms with Gasteiger partial charge in [-0.05, 0) is 29.8 Å². The Labute approximate surface area is 177 Å². The number of pyridine rings is 1. The number of rotatable bonds is 4. The van der Waals surface area contributed by atoms with Gasteiger partial charge in [0.15, 0.2) is 0 Å². The first-order valence-electron chi connectivity index (χ1n) is 9.39. The highest BCUT2D eigenvalue weighted by Gasteiger charge is 2.31. The summed E-state index contributed by atoms with van der Waals surface area (Å²) in [7, 11) is -3.79. The Hall–Kier alpha value is -4.05. The fourth-order valence-electron chi connectivity index (χ4n) is 3.39. The Morgan fingerprint density at radius 3 is 2.48 bits per heavy atom. The monoisotopic (exact) mass is 432 g/mol. The van der Waals surface area contributed by atoms with Crippen LogP contribution in [0.25, 0.3) is 5.69 Å². The minimum absolute atomic E-state index is 0.0436. The van der Waals surface area contributed by atoms with Crippen molar-refractivity contribution in [2.24, 2.45) is 0 Å². The van der Waals surface area contributed by atoms with E-state index in [1.54, 1.807) is 30.5 Å². The molecule has 0 spiro atoms. The highest BCUT2D eigenvalue weighted by Crippen LogP contribution is 2.29. The second-order valence-electron chi connectivity index (χ2n) is 6.82. The number of fused-ring (bicyclic) bond motifs is 3. The lowest BCUT2D eigenvalue weighted by molar-refractivity contribution is 0.0932. The van der Waals surface area contributed by atoms with E-state index < -0.39 is 22.0 Å². The molecular weight excluding hydrogens is 416 g/mol. The van der Waals surface area contributed by atoms with Crippen LogP contribution in [0.2, 0.25) is 0 Å². The first-order chi connectivity index (χ1) is 15.0. The van der Waals surface area contributed by atoms with Crippen molar-refractivity contribution in [3.8, 4) is 5.69 Å². The molecule has 2 aromatic carbocycles. The zero-order chi connectivity index (χ0) is 21.4. The SMILES string of the molecule is O=C(NC(c1ccccc1)c1ccccn1)c1nc2n(n1)-c1ccccc1S(=O)(=O)N2. The lowest BCUT2D eigenvalue weighted by Crippen LogP contribution is -2.30. The smallest absolute Gasteiger partial charge is 0.291 e. The minimum Gasteiger partial charge on any atom is -0.337 e. The summed E-state index contributed by atoms with van der Waals surface area (Å²) in [6.07, 6.45) is 1.65. The van der Waals surface area contributed by atoms with Gasteiger partial charge in [-0.2, -0.15) is 9.67 Å². The molecule has 0 fully saturated rings. The highest BCUT2D eigenvalue weighted by molar-refractivity contribution is 7.92. The van der Waals surface area contributed by atoms with Gasteiger partial charge in [-0.25, -0.2) is 13.1 Å². The lowest BCUT2D eigenvalue weighted by atomic mass is 10.0. The Bertz CT molecular complexity index is 1330. The van der Waals surface area contributed by atoms with E-state index in [0.29, 0.717) is 11.4 Å². The van der Waals surface area contributed by atoms with Crippen LogP contribution in [0.4, 0.5) is 5.95 Å². The summed E-state index contributed by atoms with van der Waals surface area (Å²) >= 11 is 0. The number of hydrogen-bond acceptors (Lipinski definition) is 6. The third-order valence-corrected chi connectivity index (χ3v) is 6.19. The van der Waals surface area contributed by atoms with Crippen molar-refractivity contribution in [2.45, 2.75) is 10.9 Å². The number of nitrogens with zero attached hydrogens (tertiary/aromatic N) is 4. The summed E-state index contributed by atoms with van der Waals surface area (Å²) in [5, 5.41) is 7.15. The molecule has 10 heteroatoms. The number of para-hydroxylation sites is 1. The van der Waals surface area contributed by atoms with Gasteiger partial charge in [0.2, 0.25) is 11.8 Å². The standard InChI is InChI=1S/C21H16N6O3S/c28-20(23-18(14-8-2-1-3-9-14)15-10-6-7-13-22-15)19-24-21-26-31(29,30)17-12-5-4-11-16(17)27(21)25-19/h1-13,18H,(H,23,28)(H,24,25,26). The largest absolute Gasteiger partial charge is 0.337 e. The van der Waals surface area contributed by atoms with Crippen LogP contribution in [0.15, 0.2) is 83.9 Å². The first kappa shape index (κ1) is 18.9. The zero-order valence-electron chi connectivity index (χ0n) is 16.0. The van der Waals surface area contributed by atoms with Crippen molar-refractivity contribution in [3.63, 3.8) is 0 Å². The molecule has 1 aliphatic rings. The van der Waals surface area contributed by atoms with E-state index in [1.807, 2.05) is 42.5 Å². The zero-order valence-corrected chi connectivity index (χ0v) is 16.8. The van der Waals surface area contributed by atoms with Crippen LogP contribution in [0.5, 0.6) is 0 Å². The Morgan fingerprint density at radius 2 is 1.71 bits per heavy atom. The normalized spacial score (nSPS) is 14.6.